The Labute approximate surface area is 108 Å². The molecule has 0 aliphatic carbocycles. The van der Waals surface area contributed by atoms with Crippen molar-refractivity contribution in [1.82, 2.24) is 9.88 Å². The number of aryl methyl sites for hydroxylation is 1. The molecule has 0 saturated carbocycles. The van der Waals surface area contributed by atoms with Crippen molar-refractivity contribution in [3.8, 4) is 0 Å². The summed E-state index contributed by atoms with van der Waals surface area (Å²) in [6, 6.07) is 4.59. The maximum atomic E-state index is 10.9. The van der Waals surface area contributed by atoms with Gasteiger partial charge in [0.15, 0.2) is 0 Å². The molecule has 98 valence electrons. The van der Waals surface area contributed by atoms with Crippen LogP contribution in [0.15, 0.2) is 18.3 Å². The van der Waals surface area contributed by atoms with Crippen molar-refractivity contribution in [2.75, 3.05) is 20.3 Å². The molecule has 2 saturated heterocycles. The molecule has 0 amide bonds. The Morgan fingerprint density at radius 3 is 2.56 bits per heavy atom. The number of piperidine rings is 1. The quantitative estimate of drug-likeness (QED) is 0.807. The number of rotatable bonds is 1. The fourth-order valence-corrected chi connectivity index (χ4v) is 3.12. The Morgan fingerprint density at radius 1 is 1.33 bits per heavy atom. The maximum Gasteiger partial charge on any atom is 0.0942 e. The molecule has 2 bridgehead atoms. The van der Waals surface area contributed by atoms with Crippen LogP contribution >= 0.6 is 0 Å². The van der Waals surface area contributed by atoms with Crippen LogP contribution in [0.5, 0.6) is 0 Å². The molecule has 4 nitrogen and oxygen atoms in total. The monoisotopic (exact) mass is 248 g/mol. The van der Waals surface area contributed by atoms with Gasteiger partial charge in [-0.05, 0) is 32.9 Å². The normalized spacial score (nSPS) is 36.6. The highest BCUT2D eigenvalue weighted by atomic mass is 16.5. The number of ether oxygens (including phenoxy) is 1. The van der Waals surface area contributed by atoms with E-state index in [1.807, 2.05) is 25.3 Å². The molecule has 2 atom stereocenters. The first-order valence-corrected chi connectivity index (χ1v) is 6.54. The van der Waals surface area contributed by atoms with Crippen LogP contribution in [0.25, 0.3) is 0 Å². The van der Waals surface area contributed by atoms with Crippen LogP contribution in [0.1, 0.15) is 24.1 Å². The lowest BCUT2D eigenvalue weighted by molar-refractivity contribution is -0.137. The van der Waals surface area contributed by atoms with Crippen LogP contribution in [0.2, 0.25) is 0 Å². The predicted molar refractivity (Wildman–Crippen MR) is 68.3 cm³/mol. The zero-order valence-corrected chi connectivity index (χ0v) is 11.0. The summed E-state index contributed by atoms with van der Waals surface area (Å²) in [7, 11) is 2.13. The lowest BCUT2D eigenvalue weighted by Crippen LogP contribution is -2.59. The average Bonchev–Trinajstić information content (AvgIpc) is 2.32. The van der Waals surface area contributed by atoms with Gasteiger partial charge in [0.1, 0.15) is 0 Å². The number of hydrogen-bond donors (Lipinski definition) is 1. The lowest BCUT2D eigenvalue weighted by atomic mass is 9.77. The van der Waals surface area contributed by atoms with E-state index in [1.54, 1.807) is 0 Å². The molecule has 0 radical (unpaired) electrons. The molecule has 0 spiro atoms. The molecule has 1 aromatic heterocycles. The maximum absolute atomic E-state index is 10.9. The van der Waals surface area contributed by atoms with Crippen molar-refractivity contribution < 1.29 is 9.84 Å². The second kappa shape index (κ2) is 4.30. The van der Waals surface area contributed by atoms with Crippen LogP contribution < -0.4 is 0 Å². The Morgan fingerprint density at radius 2 is 2.00 bits per heavy atom. The van der Waals surface area contributed by atoms with E-state index in [2.05, 4.69) is 16.9 Å². The van der Waals surface area contributed by atoms with Gasteiger partial charge in [-0.15, -0.1) is 0 Å². The number of nitrogens with zero attached hydrogens (tertiary/aromatic N) is 2. The largest absolute Gasteiger partial charge is 0.385 e. The van der Waals surface area contributed by atoms with Crippen LogP contribution in [0.4, 0.5) is 0 Å². The first-order chi connectivity index (χ1) is 8.58. The third-order valence-corrected chi connectivity index (χ3v) is 4.37. The minimum atomic E-state index is -0.744. The van der Waals surface area contributed by atoms with E-state index in [0.29, 0.717) is 25.3 Å². The second-order valence-corrected chi connectivity index (χ2v) is 5.64. The minimum Gasteiger partial charge on any atom is -0.385 e. The molecule has 3 heterocycles. The zero-order chi connectivity index (χ0) is 12.8. The van der Waals surface area contributed by atoms with Crippen molar-refractivity contribution >= 4 is 0 Å². The summed E-state index contributed by atoms with van der Waals surface area (Å²) in [5, 5.41) is 10.9. The Hall–Kier alpha value is -0.970. The molecule has 2 aliphatic rings. The highest BCUT2D eigenvalue weighted by molar-refractivity contribution is 5.23. The van der Waals surface area contributed by atoms with E-state index in [0.717, 1.165) is 24.1 Å². The Balaban J connectivity index is 1.89. The number of fused-ring (bicyclic) bond motifs is 2. The van der Waals surface area contributed by atoms with Gasteiger partial charge in [-0.25, -0.2) is 0 Å². The molecule has 1 N–H and O–H groups in total. The van der Waals surface area contributed by atoms with Crippen molar-refractivity contribution in [1.29, 1.82) is 0 Å². The van der Waals surface area contributed by atoms with Gasteiger partial charge >= 0.3 is 0 Å². The van der Waals surface area contributed by atoms with Crippen LogP contribution in [-0.2, 0) is 10.3 Å². The number of morpholine rings is 1. The molecule has 0 aromatic carbocycles. The van der Waals surface area contributed by atoms with E-state index < -0.39 is 5.60 Å². The van der Waals surface area contributed by atoms with Gasteiger partial charge in [-0.2, -0.15) is 0 Å². The SMILES string of the molecule is Cc1ccc(C2(O)CC3COCC(C2)N3C)cn1. The van der Waals surface area contributed by atoms with Crippen molar-refractivity contribution in [2.45, 2.75) is 37.5 Å². The summed E-state index contributed by atoms with van der Waals surface area (Å²) < 4.78 is 5.59. The van der Waals surface area contributed by atoms with Gasteiger partial charge in [0, 0.05) is 29.5 Å². The summed E-state index contributed by atoms with van der Waals surface area (Å²) in [4.78, 5) is 6.65. The summed E-state index contributed by atoms with van der Waals surface area (Å²) in [6.45, 7) is 3.40. The van der Waals surface area contributed by atoms with Crippen molar-refractivity contribution in [2.24, 2.45) is 0 Å². The van der Waals surface area contributed by atoms with Gasteiger partial charge < -0.3 is 9.84 Å². The number of aromatic nitrogens is 1. The van der Waals surface area contributed by atoms with Crippen LogP contribution in [0.3, 0.4) is 0 Å². The minimum absolute atomic E-state index is 0.309. The summed E-state index contributed by atoms with van der Waals surface area (Å²) in [5.74, 6) is 0. The third-order valence-electron chi connectivity index (χ3n) is 4.37. The number of likely N-dealkylation sites (N-methyl/N-ethyl adjacent to an activating group) is 1. The number of aliphatic hydroxyl groups is 1. The van der Waals surface area contributed by atoms with Gasteiger partial charge in [0.25, 0.3) is 0 Å². The molecule has 18 heavy (non-hydrogen) atoms. The fraction of sp³-hybridized carbons (Fsp3) is 0.643. The van der Waals surface area contributed by atoms with E-state index in [4.69, 9.17) is 4.74 Å². The van der Waals surface area contributed by atoms with E-state index in [9.17, 15) is 5.11 Å². The molecular weight excluding hydrogens is 228 g/mol. The molecule has 1 aromatic rings. The zero-order valence-electron chi connectivity index (χ0n) is 11.0. The topological polar surface area (TPSA) is 45.6 Å². The van der Waals surface area contributed by atoms with Gasteiger partial charge in [-0.3, -0.25) is 9.88 Å². The summed E-state index contributed by atoms with van der Waals surface area (Å²) in [5.41, 5.74) is 1.18. The summed E-state index contributed by atoms with van der Waals surface area (Å²) >= 11 is 0. The highest BCUT2D eigenvalue weighted by Gasteiger charge is 2.45. The number of pyridine rings is 1. The van der Waals surface area contributed by atoms with Crippen molar-refractivity contribution in [3.05, 3.63) is 29.6 Å². The van der Waals surface area contributed by atoms with Crippen LogP contribution in [0, 0.1) is 6.92 Å². The lowest BCUT2D eigenvalue weighted by Gasteiger charge is -2.50. The first kappa shape index (κ1) is 12.1. The Bertz CT molecular complexity index is 418. The van der Waals surface area contributed by atoms with E-state index in [-0.39, 0.29) is 0 Å². The predicted octanol–water partition coefficient (Wildman–Crippen LogP) is 1.07. The molecule has 4 heteroatoms. The summed E-state index contributed by atoms with van der Waals surface area (Å²) in [6.07, 6.45) is 3.27. The van der Waals surface area contributed by atoms with Crippen LogP contribution in [-0.4, -0.2) is 47.3 Å². The highest BCUT2D eigenvalue weighted by Crippen LogP contribution is 2.39. The molecule has 2 fully saturated rings. The van der Waals surface area contributed by atoms with Crippen molar-refractivity contribution in [3.63, 3.8) is 0 Å². The molecular formula is C14H20N2O2. The third kappa shape index (κ3) is 1.94. The molecule has 2 unspecified atom stereocenters. The standard InChI is InChI=1S/C14H20N2O2/c1-10-3-4-11(7-15-10)14(17)5-12-8-18-9-13(6-14)16(12)2/h3-4,7,12-13,17H,5-6,8-9H2,1-2H3. The smallest absolute Gasteiger partial charge is 0.0942 e. The molecule has 2 aliphatic heterocycles. The first-order valence-electron chi connectivity index (χ1n) is 6.54. The molecule has 3 rings (SSSR count). The Kier molecular flexibility index (Phi) is 2.88. The van der Waals surface area contributed by atoms with E-state index in [1.165, 1.54) is 0 Å². The average molecular weight is 248 g/mol. The van der Waals surface area contributed by atoms with E-state index >= 15 is 0 Å². The fourth-order valence-electron chi connectivity index (χ4n) is 3.12. The van der Waals surface area contributed by atoms with Gasteiger partial charge in [0.2, 0.25) is 0 Å². The second-order valence-electron chi connectivity index (χ2n) is 5.64. The van der Waals surface area contributed by atoms with Gasteiger partial charge in [0.05, 0.1) is 18.8 Å². The number of hydrogen-bond acceptors (Lipinski definition) is 4. The van der Waals surface area contributed by atoms with Gasteiger partial charge in [-0.1, -0.05) is 6.07 Å².